The number of amides is 1. The highest BCUT2D eigenvalue weighted by Crippen LogP contribution is 2.43. The van der Waals surface area contributed by atoms with Crippen LogP contribution in [0.25, 0.3) is 5.76 Å². The standard InChI is InChI=1S/C27H33NO5/c1-6-8-15-28-24(20-11-9-10-12-22(20)33-17(3)4)23(26(30)27(28)31)25(29)19-13-14-21(32-7-2)18(5)16-19/h9-14,16-17,24,29H,6-8,15H2,1-5H3/b25-23-. The van der Waals surface area contributed by atoms with Gasteiger partial charge in [0.25, 0.3) is 11.7 Å². The number of rotatable bonds is 9. The van der Waals surface area contributed by atoms with Gasteiger partial charge in [-0.15, -0.1) is 0 Å². The summed E-state index contributed by atoms with van der Waals surface area (Å²) in [6.07, 6.45) is 1.54. The van der Waals surface area contributed by atoms with Crippen LogP contribution in [0, 0.1) is 6.92 Å². The molecule has 6 nitrogen and oxygen atoms in total. The van der Waals surface area contributed by atoms with Crippen molar-refractivity contribution in [2.45, 2.75) is 59.6 Å². The van der Waals surface area contributed by atoms with Crippen molar-refractivity contribution >= 4 is 17.4 Å². The smallest absolute Gasteiger partial charge is 0.295 e. The summed E-state index contributed by atoms with van der Waals surface area (Å²) in [4.78, 5) is 27.8. The normalized spacial score (nSPS) is 17.6. The number of benzene rings is 2. The lowest BCUT2D eigenvalue weighted by Gasteiger charge is -2.27. The molecule has 1 saturated heterocycles. The van der Waals surface area contributed by atoms with Gasteiger partial charge in [0.1, 0.15) is 17.3 Å². The lowest BCUT2D eigenvalue weighted by Crippen LogP contribution is -2.31. The number of carbonyl (C=O) groups is 2. The molecule has 3 rings (SSSR count). The minimum atomic E-state index is -0.724. The third-order valence-electron chi connectivity index (χ3n) is 5.62. The molecule has 1 fully saturated rings. The number of Topliss-reactive ketones (excluding diaryl/α,β-unsaturated/α-hetero) is 1. The fourth-order valence-corrected chi connectivity index (χ4v) is 4.10. The highest BCUT2D eigenvalue weighted by atomic mass is 16.5. The van der Waals surface area contributed by atoms with E-state index in [9.17, 15) is 14.7 Å². The van der Waals surface area contributed by atoms with Crippen molar-refractivity contribution in [3.05, 3.63) is 64.7 Å². The zero-order valence-corrected chi connectivity index (χ0v) is 20.1. The average Bonchev–Trinajstić information content (AvgIpc) is 3.03. The number of hydrogen-bond donors (Lipinski definition) is 1. The van der Waals surface area contributed by atoms with Gasteiger partial charge < -0.3 is 19.5 Å². The Kier molecular flexibility index (Phi) is 7.79. The van der Waals surface area contributed by atoms with E-state index in [0.29, 0.717) is 35.8 Å². The number of nitrogens with zero attached hydrogens (tertiary/aromatic N) is 1. The first kappa shape index (κ1) is 24.4. The molecule has 0 radical (unpaired) electrons. The molecule has 33 heavy (non-hydrogen) atoms. The molecular formula is C27H33NO5. The predicted molar refractivity (Wildman–Crippen MR) is 128 cm³/mol. The van der Waals surface area contributed by atoms with E-state index in [1.807, 2.05) is 58.9 Å². The molecule has 1 atom stereocenters. The van der Waals surface area contributed by atoms with Crippen LogP contribution in [0.1, 0.15) is 63.3 Å². The molecule has 1 aliphatic heterocycles. The zero-order chi connectivity index (χ0) is 24.1. The predicted octanol–water partition coefficient (Wildman–Crippen LogP) is 5.40. The molecule has 176 valence electrons. The van der Waals surface area contributed by atoms with Crippen molar-refractivity contribution in [1.82, 2.24) is 4.90 Å². The number of ether oxygens (including phenoxy) is 2. The Morgan fingerprint density at radius 3 is 2.45 bits per heavy atom. The fraction of sp³-hybridized carbons (Fsp3) is 0.407. The number of aliphatic hydroxyl groups excluding tert-OH is 1. The minimum Gasteiger partial charge on any atom is -0.507 e. The van der Waals surface area contributed by atoms with E-state index in [1.165, 1.54) is 0 Å². The molecular weight excluding hydrogens is 418 g/mol. The Labute approximate surface area is 195 Å². The summed E-state index contributed by atoms with van der Waals surface area (Å²) in [6, 6.07) is 11.9. The molecule has 1 amide bonds. The minimum absolute atomic E-state index is 0.0828. The molecule has 0 aliphatic carbocycles. The van der Waals surface area contributed by atoms with E-state index in [-0.39, 0.29) is 17.4 Å². The monoisotopic (exact) mass is 451 g/mol. The van der Waals surface area contributed by atoms with Gasteiger partial charge in [-0.3, -0.25) is 9.59 Å². The van der Waals surface area contributed by atoms with Crippen LogP contribution in [0.4, 0.5) is 0 Å². The quantitative estimate of drug-likeness (QED) is 0.314. The number of unbranched alkanes of at least 4 members (excludes halogenated alkanes) is 1. The number of carbonyl (C=O) groups excluding carboxylic acids is 2. The summed E-state index contributed by atoms with van der Waals surface area (Å²) in [5.74, 6) is -0.168. The third-order valence-corrected chi connectivity index (χ3v) is 5.62. The molecule has 2 aromatic carbocycles. The van der Waals surface area contributed by atoms with Crippen LogP contribution >= 0.6 is 0 Å². The van der Waals surface area contributed by atoms with Crippen molar-refractivity contribution in [2.75, 3.05) is 13.2 Å². The molecule has 1 aliphatic rings. The summed E-state index contributed by atoms with van der Waals surface area (Å²) in [6.45, 7) is 10.6. The van der Waals surface area contributed by atoms with Crippen molar-refractivity contribution in [1.29, 1.82) is 0 Å². The Balaban J connectivity index is 2.19. The first-order valence-corrected chi connectivity index (χ1v) is 11.6. The van der Waals surface area contributed by atoms with Crippen molar-refractivity contribution < 1.29 is 24.2 Å². The van der Waals surface area contributed by atoms with Gasteiger partial charge in [-0.25, -0.2) is 0 Å². The number of ketones is 1. The van der Waals surface area contributed by atoms with E-state index in [1.54, 1.807) is 23.1 Å². The Morgan fingerprint density at radius 1 is 1.09 bits per heavy atom. The zero-order valence-electron chi connectivity index (χ0n) is 20.1. The van der Waals surface area contributed by atoms with Crippen LogP contribution in [0.15, 0.2) is 48.0 Å². The van der Waals surface area contributed by atoms with Crippen LogP contribution in [0.5, 0.6) is 11.5 Å². The summed E-state index contributed by atoms with van der Waals surface area (Å²) >= 11 is 0. The summed E-state index contributed by atoms with van der Waals surface area (Å²) in [5.41, 5.74) is 2.07. The molecule has 0 bridgehead atoms. The number of para-hydroxylation sites is 1. The van der Waals surface area contributed by atoms with E-state index in [4.69, 9.17) is 9.47 Å². The number of aliphatic hydroxyl groups is 1. The third kappa shape index (κ3) is 5.05. The summed E-state index contributed by atoms with van der Waals surface area (Å²) < 4.78 is 11.6. The van der Waals surface area contributed by atoms with Gasteiger partial charge in [-0.05, 0) is 63.9 Å². The average molecular weight is 452 g/mol. The van der Waals surface area contributed by atoms with E-state index < -0.39 is 17.7 Å². The van der Waals surface area contributed by atoms with Crippen molar-refractivity contribution in [3.8, 4) is 11.5 Å². The highest BCUT2D eigenvalue weighted by molar-refractivity contribution is 6.46. The van der Waals surface area contributed by atoms with Gasteiger partial charge >= 0.3 is 0 Å². The first-order valence-electron chi connectivity index (χ1n) is 11.6. The van der Waals surface area contributed by atoms with Crippen LogP contribution < -0.4 is 9.47 Å². The lowest BCUT2D eigenvalue weighted by molar-refractivity contribution is -0.139. The lowest BCUT2D eigenvalue weighted by atomic mass is 9.94. The molecule has 0 saturated carbocycles. The van der Waals surface area contributed by atoms with Gasteiger partial charge in [0.2, 0.25) is 0 Å². The number of hydrogen-bond acceptors (Lipinski definition) is 5. The summed E-state index contributed by atoms with van der Waals surface area (Å²) in [5, 5.41) is 11.3. The Morgan fingerprint density at radius 2 is 1.82 bits per heavy atom. The Bertz CT molecular complexity index is 1060. The SMILES string of the molecule is CCCCN1C(=O)C(=O)/C(=C(\O)c2ccc(OCC)c(C)c2)C1c1ccccc1OC(C)C. The van der Waals surface area contributed by atoms with Crippen LogP contribution in [0.3, 0.4) is 0 Å². The van der Waals surface area contributed by atoms with Crippen LogP contribution in [-0.4, -0.2) is 41.0 Å². The number of likely N-dealkylation sites (tertiary alicyclic amines) is 1. The second-order valence-electron chi connectivity index (χ2n) is 8.46. The molecule has 1 N–H and O–H groups in total. The van der Waals surface area contributed by atoms with Crippen LogP contribution in [0.2, 0.25) is 0 Å². The van der Waals surface area contributed by atoms with E-state index in [2.05, 4.69) is 0 Å². The van der Waals surface area contributed by atoms with Gasteiger partial charge in [-0.1, -0.05) is 31.5 Å². The maximum absolute atomic E-state index is 13.2. The van der Waals surface area contributed by atoms with Crippen molar-refractivity contribution in [2.24, 2.45) is 0 Å². The van der Waals surface area contributed by atoms with Crippen LogP contribution in [-0.2, 0) is 9.59 Å². The van der Waals surface area contributed by atoms with Crippen molar-refractivity contribution in [3.63, 3.8) is 0 Å². The van der Waals surface area contributed by atoms with E-state index >= 15 is 0 Å². The maximum Gasteiger partial charge on any atom is 0.295 e. The molecule has 2 aromatic rings. The van der Waals surface area contributed by atoms with Gasteiger partial charge in [0.05, 0.1) is 24.3 Å². The maximum atomic E-state index is 13.2. The fourth-order valence-electron chi connectivity index (χ4n) is 4.10. The molecule has 0 spiro atoms. The van der Waals surface area contributed by atoms with Gasteiger partial charge in [0, 0.05) is 17.7 Å². The molecule has 1 heterocycles. The largest absolute Gasteiger partial charge is 0.507 e. The topological polar surface area (TPSA) is 76.1 Å². The molecule has 0 aromatic heterocycles. The van der Waals surface area contributed by atoms with Gasteiger partial charge in [-0.2, -0.15) is 0 Å². The number of aryl methyl sites for hydroxylation is 1. The summed E-state index contributed by atoms with van der Waals surface area (Å²) in [7, 11) is 0. The van der Waals surface area contributed by atoms with Gasteiger partial charge in [0.15, 0.2) is 0 Å². The molecule has 1 unspecified atom stereocenters. The second kappa shape index (κ2) is 10.6. The molecule has 6 heteroatoms. The Hall–Kier alpha value is -3.28. The van der Waals surface area contributed by atoms with E-state index in [0.717, 1.165) is 18.4 Å². The highest BCUT2D eigenvalue weighted by Gasteiger charge is 2.46. The second-order valence-corrected chi connectivity index (χ2v) is 8.46. The first-order chi connectivity index (χ1) is 15.8.